The summed E-state index contributed by atoms with van der Waals surface area (Å²) in [6.07, 6.45) is 0.322. The number of esters is 1. The fraction of sp³-hybridized carbons (Fsp3) is 0.800. The van der Waals surface area contributed by atoms with E-state index in [9.17, 15) is 9.36 Å². The highest BCUT2D eigenvalue weighted by atomic mass is 31.1. The van der Waals surface area contributed by atoms with Crippen molar-refractivity contribution in [3.63, 3.8) is 0 Å². The van der Waals surface area contributed by atoms with Crippen molar-refractivity contribution in [2.75, 3.05) is 6.61 Å². The predicted octanol–water partition coefficient (Wildman–Crippen LogP) is 0.516. The van der Waals surface area contributed by atoms with Crippen LogP contribution in [0.1, 0.15) is 13.3 Å². The van der Waals surface area contributed by atoms with Crippen LogP contribution < -0.4 is 5.73 Å². The molecule has 0 rings (SSSR count). The van der Waals surface area contributed by atoms with Gasteiger partial charge in [-0.1, -0.05) is 6.92 Å². The van der Waals surface area contributed by atoms with Crippen LogP contribution in [-0.4, -0.2) is 18.4 Å². The van der Waals surface area contributed by atoms with Crippen LogP contribution in [-0.2, 0) is 14.1 Å². The van der Waals surface area contributed by atoms with Crippen LogP contribution >= 0.6 is 8.46 Å². The highest BCUT2D eigenvalue weighted by Crippen LogP contribution is 1.99. The van der Waals surface area contributed by atoms with E-state index in [1.807, 2.05) is 0 Å². The second-order valence-corrected chi connectivity index (χ2v) is 2.58. The van der Waals surface area contributed by atoms with E-state index in [0.29, 0.717) is 6.42 Å². The van der Waals surface area contributed by atoms with Gasteiger partial charge >= 0.3 is 5.97 Å². The van der Waals surface area contributed by atoms with Gasteiger partial charge in [-0.3, -0.25) is 9.36 Å². The van der Waals surface area contributed by atoms with Gasteiger partial charge < -0.3 is 10.5 Å². The van der Waals surface area contributed by atoms with Crippen LogP contribution in [0.25, 0.3) is 0 Å². The number of carbonyl (C=O) groups is 1. The molecule has 1 atom stereocenters. The molecule has 0 aliphatic heterocycles. The summed E-state index contributed by atoms with van der Waals surface area (Å²) in [6.45, 7) is 1.71. The van der Waals surface area contributed by atoms with Gasteiger partial charge in [-0.15, -0.1) is 0 Å². The molecule has 0 heterocycles. The Morgan fingerprint density at radius 3 is 2.80 bits per heavy atom. The van der Waals surface area contributed by atoms with E-state index < -0.39 is 5.78 Å². The highest BCUT2D eigenvalue weighted by molar-refractivity contribution is 7.24. The Morgan fingerprint density at radius 2 is 2.40 bits per heavy atom. The maximum atomic E-state index is 10.4. The molecular formula is C5H10NO3P. The van der Waals surface area contributed by atoms with E-state index in [0.717, 1.165) is 0 Å². The summed E-state index contributed by atoms with van der Waals surface area (Å²) in [5.74, 6) is -0.908. The molecule has 0 aromatic rings. The molecule has 0 radical (unpaired) electrons. The van der Waals surface area contributed by atoms with E-state index in [-0.39, 0.29) is 21.0 Å². The van der Waals surface area contributed by atoms with Gasteiger partial charge in [-0.2, -0.15) is 0 Å². The minimum Gasteiger partial charge on any atom is -0.463 e. The molecule has 2 N–H and O–H groups in total. The molecule has 0 fully saturated rings. The van der Waals surface area contributed by atoms with Crippen molar-refractivity contribution in [1.82, 2.24) is 0 Å². The fourth-order valence-corrected chi connectivity index (χ4v) is 0.446. The van der Waals surface area contributed by atoms with Gasteiger partial charge in [0.2, 0.25) is 0 Å². The Balaban J connectivity index is 3.34. The minimum absolute atomic E-state index is 0.0255. The summed E-state index contributed by atoms with van der Waals surface area (Å²) in [5.41, 5.74) is 5.17. The quantitative estimate of drug-likeness (QED) is 0.484. The largest absolute Gasteiger partial charge is 0.463 e. The molecule has 0 aromatic carbocycles. The average molecular weight is 163 g/mol. The van der Waals surface area contributed by atoms with Crippen LogP contribution in [0.15, 0.2) is 0 Å². The number of hydrogen-bond acceptors (Lipinski definition) is 4. The molecule has 4 nitrogen and oxygen atoms in total. The fourth-order valence-electron chi connectivity index (χ4n) is 0.311. The first-order valence-electron chi connectivity index (χ1n) is 2.94. The third-order valence-corrected chi connectivity index (χ3v) is 1.26. The molecule has 10 heavy (non-hydrogen) atoms. The maximum absolute atomic E-state index is 10.4. The molecule has 0 aromatic heterocycles. The van der Waals surface area contributed by atoms with E-state index in [1.165, 1.54) is 0 Å². The summed E-state index contributed by atoms with van der Waals surface area (Å²) in [4.78, 5) is 10.4. The SMILES string of the molecule is CCC(=O)OCC(N)P=O. The zero-order valence-corrected chi connectivity index (χ0v) is 6.64. The number of rotatable bonds is 4. The average Bonchev–Trinajstić information content (AvgIpc) is 1.99. The van der Waals surface area contributed by atoms with Crippen LogP contribution in [0.5, 0.6) is 0 Å². The predicted molar refractivity (Wildman–Crippen MR) is 36.8 cm³/mol. The van der Waals surface area contributed by atoms with E-state index >= 15 is 0 Å². The number of ether oxygens (including phenoxy) is 1. The molecule has 0 aliphatic rings. The summed E-state index contributed by atoms with van der Waals surface area (Å²) < 4.78 is 14.6. The second-order valence-electron chi connectivity index (χ2n) is 1.71. The van der Waals surface area contributed by atoms with Crippen molar-refractivity contribution >= 4 is 14.4 Å². The Morgan fingerprint density at radius 1 is 1.80 bits per heavy atom. The number of nitrogens with two attached hydrogens (primary N) is 1. The monoisotopic (exact) mass is 163 g/mol. The van der Waals surface area contributed by atoms with Crippen LogP contribution in [0.4, 0.5) is 0 Å². The normalized spacial score (nSPS) is 13.0. The summed E-state index contributed by atoms with van der Waals surface area (Å²) >= 11 is 0. The van der Waals surface area contributed by atoms with E-state index in [2.05, 4.69) is 4.74 Å². The Labute approximate surface area is 60.9 Å². The molecule has 0 saturated heterocycles. The van der Waals surface area contributed by atoms with Gasteiger partial charge in [0.15, 0.2) is 8.46 Å². The van der Waals surface area contributed by atoms with Crippen molar-refractivity contribution in [2.24, 2.45) is 5.73 Å². The lowest BCUT2D eigenvalue weighted by Gasteiger charge is -2.02. The molecule has 0 amide bonds. The summed E-state index contributed by atoms with van der Waals surface area (Å²) in [7, 11) is -0.195. The standard InChI is InChI=1S/C5H10NO3P/c1-2-5(7)9-3-4(6)10-8/h4H,2-3,6H2,1H3. The van der Waals surface area contributed by atoms with Crippen molar-refractivity contribution in [3.05, 3.63) is 0 Å². The Kier molecular flexibility index (Phi) is 5.08. The molecule has 0 aliphatic carbocycles. The molecule has 0 saturated carbocycles. The van der Waals surface area contributed by atoms with Gasteiger partial charge in [-0.05, 0) is 0 Å². The molecule has 58 valence electrons. The first kappa shape index (κ1) is 9.53. The van der Waals surface area contributed by atoms with Crippen molar-refractivity contribution in [3.8, 4) is 0 Å². The Hall–Kier alpha value is -0.470. The first-order chi connectivity index (χ1) is 4.70. The summed E-state index contributed by atoms with van der Waals surface area (Å²) in [5, 5.41) is 0. The number of carbonyl (C=O) groups excluding carboxylic acids is 1. The summed E-state index contributed by atoms with van der Waals surface area (Å²) in [6, 6.07) is 0. The van der Waals surface area contributed by atoms with Crippen LogP contribution in [0.2, 0.25) is 0 Å². The Bertz CT molecular complexity index is 128. The van der Waals surface area contributed by atoms with E-state index in [1.54, 1.807) is 6.92 Å². The highest BCUT2D eigenvalue weighted by Gasteiger charge is 2.04. The van der Waals surface area contributed by atoms with Gasteiger partial charge in [0.1, 0.15) is 12.4 Å². The zero-order valence-electron chi connectivity index (χ0n) is 5.74. The van der Waals surface area contributed by atoms with Gasteiger partial charge in [-0.25, -0.2) is 0 Å². The van der Waals surface area contributed by atoms with E-state index in [4.69, 9.17) is 5.73 Å². The van der Waals surface area contributed by atoms with Crippen molar-refractivity contribution in [1.29, 1.82) is 0 Å². The van der Waals surface area contributed by atoms with Crippen LogP contribution in [0.3, 0.4) is 0 Å². The lowest BCUT2D eigenvalue weighted by atomic mass is 10.5. The number of hydrogen-bond donors (Lipinski definition) is 1. The van der Waals surface area contributed by atoms with Crippen LogP contribution in [0, 0.1) is 0 Å². The molecule has 0 spiro atoms. The molecule has 0 bridgehead atoms. The minimum atomic E-state index is -0.588. The molecule has 1 unspecified atom stereocenters. The van der Waals surface area contributed by atoms with Gasteiger partial charge in [0.25, 0.3) is 0 Å². The third-order valence-electron chi connectivity index (χ3n) is 0.839. The topological polar surface area (TPSA) is 69.4 Å². The lowest BCUT2D eigenvalue weighted by Crippen LogP contribution is -2.21. The van der Waals surface area contributed by atoms with Gasteiger partial charge in [0.05, 0.1) is 0 Å². The first-order valence-corrected chi connectivity index (χ1v) is 3.82. The van der Waals surface area contributed by atoms with Crippen molar-refractivity contribution < 1.29 is 14.1 Å². The second kappa shape index (κ2) is 5.33. The zero-order chi connectivity index (χ0) is 7.98. The smallest absolute Gasteiger partial charge is 0.305 e. The molecule has 5 heteroatoms. The third kappa shape index (κ3) is 4.41. The van der Waals surface area contributed by atoms with Gasteiger partial charge in [0, 0.05) is 6.42 Å². The van der Waals surface area contributed by atoms with Crippen molar-refractivity contribution in [2.45, 2.75) is 19.1 Å². The molecular weight excluding hydrogens is 153 g/mol. The lowest BCUT2D eigenvalue weighted by molar-refractivity contribution is -0.143. The maximum Gasteiger partial charge on any atom is 0.305 e.